The fraction of sp³-hybridized carbons (Fsp3) is 0.400. The molecule has 0 unspecified atom stereocenters. The maximum Gasteiger partial charge on any atom is 0.451 e. The zero-order chi connectivity index (χ0) is 19.5. The first-order valence-electron chi connectivity index (χ1n) is 7.33. The van der Waals surface area contributed by atoms with Gasteiger partial charge in [0.15, 0.2) is 16.7 Å². The number of amides is 1. The smallest absolute Gasteiger partial charge is 0.451 e. The van der Waals surface area contributed by atoms with E-state index in [-0.39, 0.29) is 5.16 Å². The molecule has 1 atom stereocenters. The summed E-state index contributed by atoms with van der Waals surface area (Å²) in [5.74, 6) is -0.577. The number of benzene rings is 1. The van der Waals surface area contributed by atoms with Crippen molar-refractivity contribution in [3.63, 3.8) is 0 Å². The summed E-state index contributed by atoms with van der Waals surface area (Å²) in [6.45, 7) is 1.56. The van der Waals surface area contributed by atoms with Crippen molar-refractivity contribution < 1.29 is 27.4 Å². The van der Waals surface area contributed by atoms with E-state index in [4.69, 9.17) is 9.47 Å². The third kappa shape index (κ3) is 4.40. The fourth-order valence-corrected chi connectivity index (χ4v) is 2.85. The van der Waals surface area contributed by atoms with Crippen LogP contribution < -0.4 is 14.8 Å². The van der Waals surface area contributed by atoms with Crippen LogP contribution in [-0.4, -0.2) is 40.1 Å². The van der Waals surface area contributed by atoms with Crippen molar-refractivity contribution >= 4 is 23.4 Å². The topological polar surface area (TPSA) is 78.3 Å². The highest BCUT2D eigenvalue weighted by atomic mass is 32.2. The first-order chi connectivity index (χ1) is 12.2. The zero-order valence-corrected chi connectivity index (χ0v) is 15.2. The first-order valence-corrected chi connectivity index (χ1v) is 8.21. The molecule has 1 aromatic heterocycles. The van der Waals surface area contributed by atoms with Gasteiger partial charge in [0.2, 0.25) is 11.7 Å². The first kappa shape index (κ1) is 19.9. The Balaban J connectivity index is 2.08. The van der Waals surface area contributed by atoms with Gasteiger partial charge >= 0.3 is 6.18 Å². The van der Waals surface area contributed by atoms with Gasteiger partial charge in [0.05, 0.1) is 19.5 Å². The number of hydrogen-bond donors (Lipinski definition) is 1. The van der Waals surface area contributed by atoms with Gasteiger partial charge in [-0.3, -0.25) is 4.79 Å². The number of halogens is 3. The van der Waals surface area contributed by atoms with Gasteiger partial charge in [-0.15, -0.1) is 10.2 Å². The molecule has 0 bridgehead atoms. The van der Waals surface area contributed by atoms with Crippen molar-refractivity contribution in [2.24, 2.45) is 7.05 Å². The third-order valence-electron chi connectivity index (χ3n) is 3.39. The van der Waals surface area contributed by atoms with Gasteiger partial charge in [-0.25, -0.2) is 0 Å². The minimum atomic E-state index is -4.61. The Hall–Kier alpha value is -2.43. The predicted octanol–water partition coefficient (Wildman–Crippen LogP) is 2.97. The van der Waals surface area contributed by atoms with E-state index < -0.39 is 23.2 Å². The Morgan fingerprint density at radius 2 is 1.88 bits per heavy atom. The molecular weight excluding hydrogens is 373 g/mol. The van der Waals surface area contributed by atoms with Crippen molar-refractivity contribution in [3.05, 3.63) is 24.0 Å². The summed E-state index contributed by atoms with van der Waals surface area (Å²) in [5.41, 5.74) is 0.467. The molecule has 7 nitrogen and oxygen atoms in total. The molecule has 0 radical (unpaired) electrons. The lowest BCUT2D eigenvalue weighted by Gasteiger charge is -2.14. The van der Waals surface area contributed by atoms with E-state index in [1.54, 1.807) is 25.1 Å². The van der Waals surface area contributed by atoms with E-state index in [0.29, 0.717) is 17.2 Å². The van der Waals surface area contributed by atoms with E-state index in [1.165, 1.54) is 21.3 Å². The summed E-state index contributed by atoms with van der Waals surface area (Å²) >= 11 is 0.873. The number of ether oxygens (including phenoxy) is 2. The average Bonchev–Trinajstić information content (AvgIpc) is 2.95. The standard InChI is InChI=1S/C15H17F3N4O3S/c1-8(26-14-21-20-13(22(14)2)15(16,17)18)12(23)19-9-5-6-10(24-3)11(7-9)25-4/h5-8H,1-4H3,(H,19,23)/t8-/m0/s1. The molecule has 0 spiro atoms. The average molecular weight is 390 g/mol. The second kappa shape index (κ2) is 7.85. The van der Waals surface area contributed by atoms with Crippen LogP contribution in [0.3, 0.4) is 0 Å². The molecular formula is C15H17F3N4O3S. The van der Waals surface area contributed by atoms with Crippen molar-refractivity contribution in [2.75, 3.05) is 19.5 Å². The fourth-order valence-electron chi connectivity index (χ4n) is 2.03. The second-order valence-electron chi connectivity index (χ2n) is 5.18. The van der Waals surface area contributed by atoms with Crippen LogP contribution in [0, 0.1) is 0 Å². The minimum absolute atomic E-state index is 0.00714. The van der Waals surface area contributed by atoms with Crippen molar-refractivity contribution in [3.8, 4) is 11.5 Å². The molecule has 2 aromatic rings. The Labute approximate surface area is 151 Å². The number of aromatic nitrogens is 3. The highest BCUT2D eigenvalue weighted by molar-refractivity contribution is 8.00. The van der Waals surface area contributed by atoms with Crippen molar-refractivity contribution in [1.29, 1.82) is 0 Å². The quantitative estimate of drug-likeness (QED) is 0.764. The molecule has 2 rings (SSSR count). The summed E-state index contributed by atoms with van der Waals surface area (Å²) in [4.78, 5) is 12.3. The maximum atomic E-state index is 12.7. The number of anilines is 1. The second-order valence-corrected chi connectivity index (χ2v) is 6.49. The molecule has 11 heteroatoms. The van der Waals surface area contributed by atoms with Gasteiger partial charge in [-0.05, 0) is 19.1 Å². The summed E-state index contributed by atoms with van der Waals surface area (Å²) in [5, 5.41) is 8.59. The van der Waals surface area contributed by atoms with Gasteiger partial charge in [0, 0.05) is 18.8 Å². The number of carbonyl (C=O) groups is 1. The summed E-state index contributed by atoms with van der Waals surface area (Å²) in [6, 6.07) is 4.84. The molecule has 0 fully saturated rings. The summed E-state index contributed by atoms with van der Waals surface area (Å²) < 4.78 is 49.3. The van der Waals surface area contributed by atoms with Gasteiger partial charge < -0.3 is 19.4 Å². The van der Waals surface area contributed by atoms with Gasteiger partial charge in [0.25, 0.3) is 0 Å². The van der Waals surface area contributed by atoms with Crippen LogP contribution in [0.2, 0.25) is 0 Å². The number of methoxy groups -OCH3 is 2. The monoisotopic (exact) mass is 390 g/mol. The highest BCUT2D eigenvalue weighted by Gasteiger charge is 2.37. The molecule has 0 saturated heterocycles. The lowest BCUT2D eigenvalue weighted by molar-refractivity contribution is -0.147. The lowest BCUT2D eigenvalue weighted by atomic mass is 10.2. The summed E-state index contributed by atoms with van der Waals surface area (Å²) in [7, 11) is 4.16. The van der Waals surface area contributed by atoms with E-state index in [9.17, 15) is 18.0 Å². The predicted molar refractivity (Wildman–Crippen MR) is 89.5 cm³/mol. The Morgan fingerprint density at radius 1 is 1.23 bits per heavy atom. The Kier molecular flexibility index (Phi) is 6.01. The van der Waals surface area contributed by atoms with Crippen LogP contribution in [0.5, 0.6) is 11.5 Å². The molecule has 1 amide bonds. The number of hydrogen-bond acceptors (Lipinski definition) is 6. The third-order valence-corrected chi connectivity index (χ3v) is 4.52. The van der Waals surface area contributed by atoms with Gasteiger partial charge in [-0.1, -0.05) is 11.8 Å². The van der Waals surface area contributed by atoms with Crippen molar-refractivity contribution in [1.82, 2.24) is 14.8 Å². The highest BCUT2D eigenvalue weighted by Crippen LogP contribution is 2.32. The molecule has 0 saturated carbocycles. The SMILES string of the molecule is COc1ccc(NC(=O)[C@H](C)Sc2nnc(C(F)(F)F)n2C)cc1OC. The number of nitrogens with zero attached hydrogens (tertiary/aromatic N) is 3. The van der Waals surface area contributed by atoms with Crippen LogP contribution in [0.15, 0.2) is 23.4 Å². The molecule has 1 heterocycles. The molecule has 142 valence electrons. The number of carbonyl (C=O) groups excluding carboxylic acids is 1. The van der Waals surface area contributed by atoms with Crippen LogP contribution in [-0.2, 0) is 18.0 Å². The van der Waals surface area contributed by atoms with E-state index in [2.05, 4.69) is 15.5 Å². The molecule has 0 aliphatic carbocycles. The van der Waals surface area contributed by atoms with Gasteiger partial charge in [0.1, 0.15) is 0 Å². The normalized spacial score (nSPS) is 12.6. The minimum Gasteiger partial charge on any atom is -0.493 e. The number of thioether (sulfide) groups is 1. The van der Waals surface area contributed by atoms with Crippen LogP contribution in [0.1, 0.15) is 12.7 Å². The summed E-state index contributed by atoms with van der Waals surface area (Å²) in [6.07, 6.45) is -4.61. The maximum absolute atomic E-state index is 12.7. The number of rotatable bonds is 6. The zero-order valence-electron chi connectivity index (χ0n) is 14.4. The molecule has 0 aliphatic heterocycles. The molecule has 26 heavy (non-hydrogen) atoms. The largest absolute Gasteiger partial charge is 0.493 e. The van der Waals surface area contributed by atoms with E-state index >= 15 is 0 Å². The Morgan fingerprint density at radius 3 is 2.42 bits per heavy atom. The lowest BCUT2D eigenvalue weighted by Crippen LogP contribution is -2.23. The van der Waals surface area contributed by atoms with E-state index in [0.717, 1.165) is 16.3 Å². The number of alkyl halides is 3. The number of nitrogens with one attached hydrogen (secondary N) is 1. The Bertz CT molecular complexity index is 795. The molecule has 1 N–H and O–H groups in total. The van der Waals surface area contributed by atoms with E-state index in [1.807, 2.05) is 0 Å². The molecule has 0 aliphatic rings. The van der Waals surface area contributed by atoms with Crippen molar-refractivity contribution in [2.45, 2.75) is 23.5 Å². The van der Waals surface area contributed by atoms with Crippen LogP contribution >= 0.6 is 11.8 Å². The van der Waals surface area contributed by atoms with Crippen LogP contribution in [0.4, 0.5) is 18.9 Å². The van der Waals surface area contributed by atoms with Gasteiger partial charge in [-0.2, -0.15) is 13.2 Å². The molecule has 1 aromatic carbocycles. The van der Waals surface area contributed by atoms with Crippen LogP contribution in [0.25, 0.3) is 0 Å².